The number of halogens is 1. The van der Waals surface area contributed by atoms with Crippen molar-refractivity contribution in [1.82, 2.24) is 5.32 Å². The molecule has 98 valence electrons. The van der Waals surface area contributed by atoms with E-state index in [4.69, 9.17) is 5.73 Å². The average molecular weight is 313 g/mol. The summed E-state index contributed by atoms with van der Waals surface area (Å²) in [6.07, 6.45) is 0. The van der Waals surface area contributed by atoms with E-state index >= 15 is 0 Å². The van der Waals surface area contributed by atoms with Gasteiger partial charge in [0.15, 0.2) is 0 Å². The van der Waals surface area contributed by atoms with E-state index in [0.717, 1.165) is 15.6 Å². The number of aryl methyl sites for hydroxylation is 2. The van der Waals surface area contributed by atoms with Crippen LogP contribution in [-0.4, -0.2) is 17.4 Å². The smallest absolute Gasteiger partial charge is 0.253 e. The summed E-state index contributed by atoms with van der Waals surface area (Å²) in [4.78, 5) is 23.3. The zero-order valence-electron chi connectivity index (χ0n) is 10.9. The number of primary amides is 1. The highest BCUT2D eigenvalue weighted by Gasteiger charge is 2.28. The molecule has 1 aromatic rings. The SMILES string of the molecule is Cc1cc(C)c(Br)c(C(=O)NC(C)(C)C(N)=O)c1. The molecule has 0 bridgehead atoms. The maximum Gasteiger partial charge on any atom is 0.253 e. The van der Waals surface area contributed by atoms with Gasteiger partial charge >= 0.3 is 0 Å². The molecule has 5 heteroatoms. The molecule has 3 N–H and O–H groups in total. The van der Waals surface area contributed by atoms with E-state index < -0.39 is 11.4 Å². The van der Waals surface area contributed by atoms with Gasteiger partial charge in [0.2, 0.25) is 5.91 Å². The first-order valence-electron chi connectivity index (χ1n) is 5.54. The Bertz CT molecular complexity index is 510. The summed E-state index contributed by atoms with van der Waals surface area (Å²) in [5.74, 6) is -0.895. The Balaban J connectivity index is 3.09. The molecule has 4 nitrogen and oxygen atoms in total. The Morgan fingerprint density at radius 2 is 1.83 bits per heavy atom. The fourth-order valence-electron chi connectivity index (χ4n) is 1.53. The lowest BCUT2D eigenvalue weighted by Gasteiger charge is -2.23. The molecule has 0 fully saturated rings. The van der Waals surface area contributed by atoms with Crippen LogP contribution in [0.5, 0.6) is 0 Å². The second kappa shape index (κ2) is 5.10. The van der Waals surface area contributed by atoms with Crippen molar-refractivity contribution in [1.29, 1.82) is 0 Å². The van der Waals surface area contributed by atoms with E-state index in [1.165, 1.54) is 0 Å². The fraction of sp³-hybridized carbons (Fsp3) is 0.385. The van der Waals surface area contributed by atoms with Crippen LogP contribution >= 0.6 is 15.9 Å². The van der Waals surface area contributed by atoms with Gasteiger partial charge in [-0.15, -0.1) is 0 Å². The quantitative estimate of drug-likeness (QED) is 0.896. The van der Waals surface area contributed by atoms with Crippen LogP contribution in [0.15, 0.2) is 16.6 Å². The molecule has 0 aliphatic rings. The standard InChI is InChI=1S/C13H17BrN2O2/c1-7-5-8(2)10(14)9(6-7)11(17)16-13(3,4)12(15)18/h5-6H,1-4H3,(H2,15,18)(H,16,17). The summed E-state index contributed by atoms with van der Waals surface area (Å²) in [6.45, 7) is 6.97. The molecular weight excluding hydrogens is 296 g/mol. The maximum absolute atomic E-state index is 12.1. The third-order valence-corrected chi connectivity index (χ3v) is 3.74. The second-order valence-corrected chi connectivity index (χ2v) is 5.68. The minimum absolute atomic E-state index is 0.322. The lowest BCUT2D eigenvalue weighted by molar-refractivity contribution is -0.122. The van der Waals surface area contributed by atoms with Crippen molar-refractivity contribution in [2.75, 3.05) is 0 Å². The Kier molecular flexibility index (Phi) is 4.16. The van der Waals surface area contributed by atoms with E-state index in [1.807, 2.05) is 19.9 Å². The molecule has 0 unspecified atom stereocenters. The summed E-state index contributed by atoms with van der Waals surface area (Å²) < 4.78 is 0.728. The van der Waals surface area contributed by atoms with Crippen molar-refractivity contribution in [3.05, 3.63) is 33.3 Å². The van der Waals surface area contributed by atoms with Crippen LogP contribution in [0.1, 0.15) is 35.3 Å². The average Bonchev–Trinajstić information content (AvgIpc) is 2.22. The first-order valence-corrected chi connectivity index (χ1v) is 6.33. The third kappa shape index (κ3) is 3.10. The van der Waals surface area contributed by atoms with Gasteiger partial charge in [-0.1, -0.05) is 6.07 Å². The highest BCUT2D eigenvalue weighted by molar-refractivity contribution is 9.10. The number of hydrogen-bond donors (Lipinski definition) is 2. The fourth-order valence-corrected chi connectivity index (χ4v) is 1.94. The predicted octanol–water partition coefficient (Wildman–Crippen LogP) is 2.06. The summed E-state index contributed by atoms with van der Waals surface area (Å²) in [7, 11) is 0. The summed E-state index contributed by atoms with van der Waals surface area (Å²) >= 11 is 3.38. The van der Waals surface area contributed by atoms with Crippen LogP contribution in [0.25, 0.3) is 0 Å². The van der Waals surface area contributed by atoms with Crippen molar-refractivity contribution in [3.63, 3.8) is 0 Å². The van der Waals surface area contributed by atoms with E-state index in [9.17, 15) is 9.59 Å². The van der Waals surface area contributed by atoms with Crippen LogP contribution in [0.3, 0.4) is 0 Å². The number of hydrogen-bond acceptors (Lipinski definition) is 2. The zero-order valence-corrected chi connectivity index (χ0v) is 12.5. The number of carbonyl (C=O) groups is 2. The van der Waals surface area contributed by atoms with Gasteiger partial charge in [-0.25, -0.2) is 0 Å². The monoisotopic (exact) mass is 312 g/mol. The molecule has 1 aromatic carbocycles. The van der Waals surface area contributed by atoms with E-state index in [1.54, 1.807) is 19.9 Å². The number of carbonyl (C=O) groups excluding carboxylic acids is 2. The molecule has 0 aromatic heterocycles. The van der Waals surface area contributed by atoms with Gasteiger partial charge in [0.1, 0.15) is 5.54 Å². The zero-order chi connectivity index (χ0) is 14.1. The minimum Gasteiger partial charge on any atom is -0.368 e. The second-order valence-electron chi connectivity index (χ2n) is 4.89. The first kappa shape index (κ1) is 14.7. The Morgan fingerprint density at radius 1 is 1.28 bits per heavy atom. The third-order valence-electron chi connectivity index (χ3n) is 2.69. The molecule has 0 aliphatic carbocycles. The molecule has 0 saturated carbocycles. The molecule has 0 saturated heterocycles. The van der Waals surface area contributed by atoms with Gasteiger partial charge in [-0.3, -0.25) is 9.59 Å². The van der Waals surface area contributed by atoms with Crippen LogP contribution in [-0.2, 0) is 4.79 Å². The number of nitrogens with one attached hydrogen (secondary N) is 1. The van der Waals surface area contributed by atoms with Crippen LogP contribution in [0, 0.1) is 13.8 Å². The maximum atomic E-state index is 12.1. The van der Waals surface area contributed by atoms with Crippen LogP contribution in [0.2, 0.25) is 0 Å². The van der Waals surface area contributed by atoms with Gasteiger partial charge in [0.05, 0.1) is 5.56 Å². The van der Waals surface area contributed by atoms with Crippen molar-refractivity contribution in [2.45, 2.75) is 33.2 Å². The number of amides is 2. The number of nitrogens with two attached hydrogens (primary N) is 1. The molecule has 0 spiro atoms. The Hall–Kier alpha value is -1.36. The van der Waals surface area contributed by atoms with Crippen molar-refractivity contribution >= 4 is 27.7 Å². The molecule has 0 atom stereocenters. The van der Waals surface area contributed by atoms with Gasteiger partial charge in [0, 0.05) is 4.47 Å². The Morgan fingerprint density at radius 3 is 2.33 bits per heavy atom. The summed E-state index contributed by atoms with van der Waals surface area (Å²) in [6, 6.07) is 3.74. The topological polar surface area (TPSA) is 72.2 Å². The summed E-state index contributed by atoms with van der Waals surface area (Å²) in [5.41, 5.74) is 6.61. The highest BCUT2D eigenvalue weighted by atomic mass is 79.9. The lowest BCUT2D eigenvalue weighted by atomic mass is 10.0. The summed E-state index contributed by atoms with van der Waals surface area (Å²) in [5, 5.41) is 2.62. The molecule has 1 rings (SSSR count). The molecular formula is C13H17BrN2O2. The van der Waals surface area contributed by atoms with Crippen LogP contribution < -0.4 is 11.1 Å². The number of rotatable bonds is 3. The molecule has 18 heavy (non-hydrogen) atoms. The van der Waals surface area contributed by atoms with Gasteiger partial charge in [0.25, 0.3) is 5.91 Å². The molecule has 0 aliphatic heterocycles. The van der Waals surface area contributed by atoms with E-state index in [0.29, 0.717) is 5.56 Å². The predicted molar refractivity (Wildman–Crippen MR) is 74.4 cm³/mol. The van der Waals surface area contributed by atoms with Gasteiger partial charge < -0.3 is 11.1 Å². The highest BCUT2D eigenvalue weighted by Crippen LogP contribution is 2.23. The molecule has 2 amide bonds. The number of benzene rings is 1. The first-order chi connectivity index (χ1) is 8.15. The molecule has 0 radical (unpaired) electrons. The minimum atomic E-state index is -1.08. The van der Waals surface area contributed by atoms with E-state index in [2.05, 4.69) is 21.2 Å². The van der Waals surface area contributed by atoms with Crippen molar-refractivity contribution in [3.8, 4) is 0 Å². The van der Waals surface area contributed by atoms with E-state index in [-0.39, 0.29) is 5.91 Å². The van der Waals surface area contributed by atoms with Gasteiger partial charge in [-0.2, -0.15) is 0 Å². The molecule has 0 heterocycles. The van der Waals surface area contributed by atoms with Gasteiger partial charge in [-0.05, 0) is 60.8 Å². The van der Waals surface area contributed by atoms with Crippen LogP contribution in [0.4, 0.5) is 0 Å². The normalized spacial score (nSPS) is 11.2. The largest absolute Gasteiger partial charge is 0.368 e. The Labute approximate surface area is 115 Å². The lowest BCUT2D eigenvalue weighted by Crippen LogP contribution is -2.53. The van der Waals surface area contributed by atoms with Crippen molar-refractivity contribution in [2.24, 2.45) is 5.73 Å². The van der Waals surface area contributed by atoms with Crippen molar-refractivity contribution < 1.29 is 9.59 Å².